The van der Waals surface area contributed by atoms with Crippen molar-refractivity contribution < 1.29 is 24.2 Å². The minimum atomic E-state index is -1.40. The van der Waals surface area contributed by atoms with E-state index in [1.807, 2.05) is 0 Å². The zero-order valence-electron chi connectivity index (χ0n) is 12.1. The molecule has 116 valence electrons. The molecule has 3 aliphatic rings. The van der Waals surface area contributed by atoms with Crippen LogP contribution >= 0.6 is 0 Å². The van der Waals surface area contributed by atoms with Gasteiger partial charge in [0.15, 0.2) is 5.54 Å². The fraction of sp³-hybridized carbons (Fsp3) is 0.800. The Labute approximate surface area is 123 Å². The van der Waals surface area contributed by atoms with Gasteiger partial charge in [-0.2, -0.15) is 0 Å². The Bertz CT molecular complexity index is 454. The molecule has 0 radical (unpaired) electrons. The molecule has 0 aromatic rings. The highest BCUT2D eigenvalue weighted by molar-refractivity contribution is 6.03. The zero-order valence-corrected chi connectivity index (χ0v) is 12.1. The van der Waals surface area contributed by atoms with E-state index in [0.29, 0.717) is 12.8 Å². The highest BCUT2D eigenvalue weighted by Crippen LogP contribution is 2.48. The molecular formula is C15H21NO5. The molecule has 6 nitrogen and oxygen atoms in total. The standard InChI is InChI=1S/C15H21NO5/c17-11-9-14(3-1-2-4-14)10-12(18)16(11)15(13(19)20)5-7-21-8-6-15/h1-10H2,(H,19,20). The van der Waals surface area contributed by atoms with Crippen LogP contribution in [0.5, 0.6) is 0 Å². The van der Waals surface area contributed by atoms with Gasteiger partial charge in [-0.1, -0.05) is 12.8 Å². The van der Waals surface area contributed by atoms with E-state index >= 15 is 0 Å². The average molecular weight is 295 g/mol. The fourth-order valence-corrected chi connectivity index (χ4v) is 4.20. The number of nitrogens with zero attached hydrogens (tertiary/aromatic N) is 1. The van der Waals surface area contributed by atoms with Crippen molar-refractivity contribution in [3.05, 3.63) is 0 Å². The smallest absolute Gasteiger partial charge is 0.330 e. The van der Waals surface area contributed by atoms with Crippen molar-refractivity contribution in [2.75, 3.05) is 13.2 Å². The Hall–Kier alpha value is -1.43. The van der Waals surface area contributed by atoms with Crippen molar-refractivity contribution in [2.24, 2.45) is 5.41 Å². The lowest BCUT2D eigenvalue weighted by molar-refractivity contribution is -0.178. The second-order valence-corrected chi connectivity index (χ2v) is 6.63. The molecule has 21 heavy (non-hydrogen) atoms. The monoisotopic (exact) mass is 295 g/mol. The van der Waals surface area contributed by atoms with Crippen molar-refractivity contribution in [1.29, 1.82) is 0 Å². The first-order valence-corrected chi connectivity index (χ1v) is 7.66. The summed E-state index contributed by atoms with van der Waals surface area (Å²) in [5.41, 5.74) is -1.60. The van der Waals surface area contributed by atoms with E-state index in [1.54, 1.807) is 0 Å². The molecule has 1 saturated carbocycles. The summed E-state index contributed by atoms with van der Waals surface area (Å²) < 4.78 is 5.22. The largest absolute Gasteiger partial charge is 0.479 e. The Morgan fingerprint density at radius 3 is 2.00 bits per heavy atom. The molecule has 3 fully saturated rings. The Morgan fingerprint density at radius 2 is 1.52 bits per heavy atom. The lowest BCUT2D eigenvalue weighted by Crippen LogP contribution is -2.64. The third-order valence-electron chi connectivity index (χ3n) is 5.36. The van der Waals surface area contributed by atoms with E-state index in [2.05, 4.69) is 0 Å². The highest BCUT2D eigenvalue weighted by atomic mass is 16.5. The van der Waals surface area contributed by atoms with Crippen LogP contribution < -0.4 is 0 Å². The maximum atomic E-state index is 12.6. The Kier molecular flexibility index (Phi) is 3.51. The van der Waals surface area contributed by atoms with Gasteiger partial charge in [0.25, 0.3) is 0 Å². The van der Waals surface area contributed by atoms with Gasteiger partial charge in [0, 0.05) is 38.9 Å². The molecule has 0 aromatic carbocycles. The van der Waals surface area contributed by atoms with E-state index < -0.39 is 11.5 Å². The number of carbonyl (C=O) groups excluding carboxylic acids is 2. The lowest BCUT2D eigenvalue weighted by atomic mass is 9.74. The summed E-state index contributed by atoms with van der Waals surface area (Å²) in [7, 11) is 0. The maximum Gasteiger partial charge on any atom is 0.330 e. The minimum absolute atomic E-state index is 0.187. The van der Waals surface area contributed by atoms with Crippen molar-refractivity contribution in [3.8, 4) is 0 Å². The van der Waals surface area contributed by atoms with Crippen molar-refractivity contribution >= 4 is 17.8 Å². The Balaban J connectivity index is 1.89. The summed E-state index contributed by atoms with van der Waals surface area (Å²) in [6.45, 7) is 0.545. The number of hydrogen-bond donors (Lipinski definition) is 1. The number of imide groups is 1. The number of likely N-dealkylation sites (tertiary alicyclic amines) is 1. The van der Waals surface area contributed by atoms with Crippen LogP contribution in [0.3, 0.4) is 0 Å². The van der Waals surface area contributed by atoms with Gasteiger partial charge in [-0.05, 0) is 18.3 Å². The molecular weight excluding hydrogens is 274 g/mol. The number of carboxylic acids is 1. The predicted octanol–water partition coefficient (Wildman–Crippen LogP) is 1.33. The first-order chi connectivity index (χ1) is 9.99. The van der Waals surface area contributed by atoms with Crippen molar-refractivity contribution in [3.63, 3.8) is 0 Å². The molecule has 2 amide bonds. The number of hydrogen-bond acceptors (Lipinski definition) is 4. The summed E-state index contributed by atoms with van der Waals surface area (Å²) in [5, 5.41) is 9.63. The summed E-state index contributed by atoms with van der Waals surface area (Å²) in [6.07, 6.45) is 4.92. The second-order valence-electron chi connectivity index (χ2n) is 6.63. The molecule has 1 spiro atoms. The molecule has 2 heterocycles. The number of ether oxygens (including phenoxy) is 1. The van der Waals surface area contributed by atoms with E-state index in [4.69, 9.17) is 4.74 Å². The van der Waals surface area contributed by atoms with Crippen molar-refractivity contribution in [1.82, 2.24) is 4.90 Å². The van der Waals surface area contributed by atoms with E-state index in [0.717, 1.165) is 30.6 Å². The lowest BCUT2D eigenvalue weighted by Gasteiger charge is -2.46. The van der Waals surface area contributed by atoms with Gasteiger partial charge in [0.05, 0.1) is 0 Å². The van der Waals surface area contributed by atoms with Gasteiger partial charge < -0.3 is 9.84 Å². The normalized spacial score (nSPS) is 28.1. The van der Waals surface area contributed by atoms with Gasteiger partial charge in [0.1, 0.15) is 0 Å². The van der Waals surface area contributed by atoms with Crippen LogP contribution in [0.1, 0.15) is 51.4 Å². The SMILES string of the molecule is O=C1CC2(CCCC2)CC(=O)N1C1(C(=O)O)CCOCC1. The summed E-state index contributed by atoms with van der Waals surface area (Å²) in [5.74, 6) is -1.70. The third kappa shape index (κ3) is 2.25. The molecule has 1 N–H and O–H groups in total. The molecule has 2 saturated heterocycles. The van der Waals surface area contributed by atoms with Crippen molar-refractivity contribution in [2.45, 2.75) is 56.9 Å². The summed E-state index contributed by atoms with van der Waals surface area (Å²) in [4.78, 5) is 38.0. The average Bonchev–Trinajstić information content (AvgIpc) is 2.86. The van der Waals surface area contributed by atoms with Crippen LogP contribution in [0.4, 0.5) is 0 Å². The highest BCUT2D eigenvalue weighted by Gasteiger charge is 2.55. The minimum Gasteiger partial charge on any atom is -0.479 e. The molecule has 1 aliphatic carbocycles. The molecule has 2 aliphatic heterocycles. The Morgan fingerprint density at radius 1 is 1.00 bits per heavy atom. The first kappa shape index (κ1) is 14.5. The second kappa shape index (κ2) is 5.09. The van der Waals surface area contributed by atoms with E-state index in [1.165, 1.54) is 0 Å². The van der Waals surface area contributed by atoms with Crippen LogP contribution in [0.15, 0.2) is 0 Å². The van der Waals surface area contributed by atoms with Gasteiger partial charge in [-0.3, -0.25) is 14.5 Å². The summed E-state index contributed by atoms with van der Waals surface area (Å²) >= 11 is 0. The predicted molar refractivity (Wildman–Crippen MR) is 72.4 cm³/mol. The quantitative estimate of drug-likeness (QED) is 0.777. The third-order valence-corrected chi connectivity index (χ3v) is 5.36. The van der Waals surface area contributed by atoms with E-state index in [-0.39, 0.29) is 43.3 Å². The van der Waals surface area contributed by atoms with Gasteiger partial charge in [-0.15, -0.1) is 0 Å². The first-order valence-electron chi connectivity index (χ1n) is 7.66. The molecule has 0 bridgehead atoms. The number of amides is 2. The van der Waals surface area contributed by atoms with Crippen LogP contribution in [0.2, 0.25) is 0 Å². The number of carbonyl (C=O) groups is 3. The number of piperidine rings is 1. The van der Waals surface area contributed by atoms with Crippen LogP contribution in [-0.2, 0) is 19.1 Å². The molecule has 0 unspecified atom stereocenters. The van der Waals surface area contributed by atoms with Gasteiger partial charge in [0.2, 0.25) is 11.8 Å². The molecule has 0 aromatic heterocycles. The van der Waals surface area contributed by atoms with Gasteiger partial charge >= 0.3 is 5.97 Å². The number of rotatable bonds is 2. The number of carboxylic acid groups (broad SMARTS) is 1. The van der Waals surface area contributed by atoms with Crippen LogP contribution in [-0.4, -0.2) is 46.5 Å². The van der Waals surface area contributed by atoms with Crippen LogP contribution in [0.25, 0.3) is 0 Å². The zero-order chi connectivity index (χ0) is 15.1. The molecule has 6 heteroatoms. The fourth-order valence-electron chi connectivity index (χ4n) is 4.20. The van der Waals surface area contributed by atoms with Crippen LogP contribution in [0, 0.1) is 5.41 Å². The van der Waals surface area contributed by atoms with Gasteiger partial charge in [-0.25, -0.2) is 4.79 Å². The molecule has 0 atom stereocenters. The maximum absolute atomic E-state index is 12.6. The molecule has 3 rings (SSSR count). The topological polar surface area (TPSA) is 83.9 Å². The van der Waals surface area contributed by atoms with E-state index in [9.17, 15) is 19.5 Å². The number of aliphatic carboxylic acids is 1. The summed E-state index contributed by atoms with van der Waals surface area (Å²) in [6, 6.07) is 0.